The summed E-state index contributed by atoms with van der Waals surface area (Å²) in [7, 11) is 0. The molecule has 0 bridgehead atoms. The monoisotopic (exact) mass is 186 g/mol. The van der Waals surface area contributed by atoms with E-state index in [1.807, 2.05) is 27.7 Å². The average Bonchev–Trinajstić information content (AvgIpc) is 2.17. The summed E-state index contributed by atoms with van der Waals surface area (Å²) in [5.41, 5.74) is 0.636. The molecule has 0 aliphatic carbocycles. The number of carbonyl (C=O) groups excluding carboxylic acids is 1. The van der Waals surface area contributed by atoms with E-state index in [-0.39, 0.29) is 5.97 Å². The number of cyclic esters (lactones) is 1. The molecule has 0 aromatic heterocycles. The summed E-state index contributed by atoms with van der Waals surface area (Å²) in [4.78, 5) is 11.3. The summed E-state index contributed by atoms with van der Waals surface area (Å²) in [6, 6.07) is 0. The number of rotatable bonds is 2. The van der Waals surface area contributed by atoms with Crippen molar-refractivity contribution in [2.24, 2.45) is 5.41 Å². The van der Waals surface area contributed by atoms with E-state index in [2.05, 4.69) is 0 Å². The molecule has 0 aromatic carbocycles. The quantitative estimate of drug-likeness (QED) is 0.620. The lowest BCUT2D eigenvalue weighted by atomic mass is 9.88. The molecule has 0 spiro atoms. The molecule has 0 radical (unpaired) electrons. The molecule has 68 valence electrons. The summed E-state index contributed by atoms with van der Waals surface area (Å²) in [6.07, 6.45) is 0. The van der Waals surface area contributed by atoms with Crippen LogP contribution in [0.15, 0.2) is 10.7 Å². The molecular weight excluding hydrogens is 172 g/mol. The van der Waals surface area contributed by atoms with Crippen LogP contribution in [0.3, 0.4) is 0 Å². The smallest absolute Gasteiger partial charge is 0.321 e. The van der Waals surface area contributed by atoms with Gasteiger partial charge in [-0.1, -0.05) is 18.7 Å². The SMILES string of the molecule is CCSC1=C(C)C(C)(C)C(=O)O1. The highest BCUT2D eigenvalue weighted by Gasteiger charge is 2.40. The largest absolute Gasteiger partial charge is 0.419 e. The van der Waals surface area contributed by atoms with E-state index >= 15 is 0 Å². The molecule has 0 fully saturated rings. The minimum Gasteiger partial charge on any atom is -0.419 e. The van der Waals surface area contributed by atoms with Crippen molar-refractivity contribution in [1.29, 1.82) is 0 Å². The fraction of sp³-hybridized carbons (Fsp3) is 0.667. The third-order valence-electron chi connectivity index (χ3n) is 2.21. The van der Waals surface area contributed by atoms with E-state index in [4.69, 9.17) is 4.74 Å². The molecule has 12 heavy (non-hydrogen) atoms. The van der Waals surface area contributed by atoms with Crippen LogP contribution in [0.2, 0.25) is 0 Å². The molecule has 0 aromatic rings. The van der Waals surface area contributed by atoms with E-state index in [9.17, 15) is 4.79 Å². The van der Waals surface area contributed by atoms with E-state index in [1.54, 1.807) is 11.8 Å². The number of thioether (sulfide) groups is 1. The predicted octanol–water partition coefficient (Wildman–Crippen LogP) is 2.55. The minimum atomic E-state index is -0.419. The second-order valence-electron chi connectivity index (χ2n) is 3.36. The van der Waals surface area contributed by atoms with Crippen molar-refractivity contribution in [3.05, 3.63) is 10.7 Å². The van der Waals surface area contributed by atoms with Crippen LogP contribution < -0.4 is 0 Å². The van der Waals surface area contributed by atoms with Gasteiger partial charge in [-0.3, -0.25) is 4.79 Å². The second-order valence-corrected chi connectivity index (χ2v) is 4.60. The van der Waals surface area contributed by atoms with Gasteiger partial charge in [0.15, 0.2) is 5.09 Å². The predicted molar refractivity (Wildman–Crippen MR) is 50.7 cm³/mol. The Kier molecular flexibility index (Phi) is 2.52. The van der Waals surface area contributed by atoms with Gasteiger partial charge in [0, 0.05) is 0 Å². The Balaban J connectivity index is 2.90. The summed E-state index contributed by atoms with van der Waals surface area (Å²) >= 11 is 1.59. The van der Waals surface area contributed by atoms with Crippen molar-refractivity contribution in [2.75, 3.05) is 5.75 Å². The van der Waals surface area contributed by atoms with Crippen LogP contribution in [0.4, 0.5) is 0 Å². The van der Waals surface area contributed by atoms with E-state index in [0.717, 1.165) is 16.4 Å². The molecule has 1 heterocycles. The maximum Gasteiger partial charge on any atom is 0.321 e. The Labute approximate surface area is 77.4 Å². The molecule has 1 rings (SSSR count). The molecule has 0 unspecified atom stereocenters. The van der Waals surface area contributed by atoms with Crippen LogP contribution in [0.25, 0.3) is 0 Å². The van der Waals surface area contributed by atoms with E-state index in [0.29, 0.717) is 0 Å². The Bertz CT molecular complexity index is 241. The summed E-state index contributed by atoms with van der Waals surface area (Å²) < 4.78 is 5.13. The van der Waals surface area contributed by atoms with Gasteiger partial charge in [-0.25, -0.2) is 0 Å². The van der Waals surface area contributed by atoms with Gasteiger partial charge in [-0.05, 0) is 32.1 Å². The lowest BCUT2D eigenvalue weighted by Gasteiger charge is -2.12. The zero-order valence-electron chi connectivity index (χ0n) is 7.93. The van der Waals surface area contributed by atoms with Gasteiger partial charge in [-0.2, -0.15) is 0 Å². The highest BCUT2D eigenvalue weighted by atomic mass is 32.2. The topological polar surface area (TPSA) is 26.3 Å². The lowest BCUT2D eigenvalue weighted by molar-refractivity contribution is -0.143. The van der Waals surface area contributed by atoms with Gasteiger partial charge >= 0.3 is 5.97 Å². The second kappa shape index (κ2) is 3.13. The van der Waals surface area contributed by atoms with Crippen molar-refractivity contribution in [3.63, 3.8) is 0 Å². The Hall–Kier alpha value is -0.440. The molecule has 0 atom stereocenters. The van der Waals surface area contributed by atoms with Gasteiger partial charge in [-0.15, -0.1) is 0 Å². The Morgan fingerprint density at radius 2 is 2.08 bits per heavy atom. The Morgan fingerprint density at radius 1 is 1.50 bits per heavy atom. The van der Waals surface area contributed by atoms with Crippen LogP contribution in [-0.2, 0) is 9.53 Å². The number of esters is 1. The molecule has 0 saturated carbocycles. The van der Waals surface area contributed by atoms with Gasteiger partial charge in [0.25, 0.3) is 0 Å². The Morgan fingerprint density at radius 3 is 2.42 bits per heavy atom. The van der Waals surface area contributed by atoms with Crippen LogP contribution in [0.5, 0.6) is 0 Å². The zero-order valence-corrected chi connectivity index (χ0v) is 8.75. The number of carbonyl (C=O) groups is 1. The van der Waals surface area contributed by atoms with Crippen molar-refractivity contribution in [1.82, 2.24) is 0 Å². The van der Waals surface area contributed by atoms with Crippen LogP contribution in [0.1, 0.15) is 27.7 Å². The van der Waals surface area contributed by atoms with Crippen LogP contribution >= 0.6 is 11.8 Å². The van der Waals surface area contributed by atoms with Gasteiger partial charge in [0.1, 0.15) is 0 Å². The fourth-order valence-corrected chi connectivity index (χ4v) is 1.83. The fourth-order valence-electron chi connectivity index (χ4n) is 0.965. The normalized spacial score (nSPS) is 21.5. The minimum absolute atomic E-state index is 0.129. The highest BCUT2D eigenvalue weighted by Crippen LogP contribution is 2.41. The van der Waals surface area contributed by atoms with Gasteiger partial charge in [0.05, 0.1) is 5.41 Å². The van der Waals surface area contributed by atoms with Gasteiger partial charge in [0.2, 0.25) is 0 Å². The van der Waals surface area contributed by atoms with E-state index in [1.165, 1.54) is 0 Å². The molecule has 2 nitrogen and oxygen atoms in total. The van der Waals surface area contributed by atoms with Crippen molar-refractivity contribution in [2.45, 2.75) is 27.7 Å². The summed E-state index contributed by atoms with van der Waals surface area (Å²) in [6.45, 7) is 7.80. The molecule has 1 aliphatic rings. The first-order valence-corrected chi connectivity index (χ1v) is 5.05. The molecule has 0 saturated heterocycles. The summed E-state index contributed by atoms with van der Waals surface area (Å²) in [5, 5.41) is 0.799. The molecule has 0 amide bonds. The number of hydrogen-bond donors (Lipinski definition) is 0. The van der Waals surface area contributed by atoms with Crippen LogP contribution in [0, 0.1) is 5.41 Å². The van der Waals surface area contributed by atoms with E-state index < -0.39 is 5.41 Å². The summed E-state index contributed by atoms with van der Waals surface area (Å²) in [5.74, 6) is 0.812. The highest BCUT2D eigenvalue weighted by molar-refractivity contribution is 8.02. The van der Waals surface area contributed by atoms with Crippen LogP contribution in [-0.4, -0.2) is 11.7 Å². The van der Waals surface area contributed by atoms with Crippen molar-refractivity contribution in [3.8, 4) is 0 Å². The maximum atomic E-state index is 11.3. The number of ether oxygens (including phenoxy) is 1. The first kappa shape index (κ1) is 9.65. The standard InChI is InChI=1S/C9H14O2S/c1-5-12-7-6(2)9(3,4)8(10)11-7/h5H2,1-4H3. The van der Waals surface area contributed by atoms with Crippen molar-refractivity contribution < 1.29 is 9.53 Å². The molecule has 1 aliphatic heterocycles. The zero-order chi connectivity index (χ0) is 9.35. The first-order chi connectivity index (χ1) is 5.50. The molecule has 0 N–H and O–H groups in total. The number of hydrogen-bond acceptors (Lipinski definition) is 3. The van der Waals surface area contributed by atoms with Gasteiger partial charge < -0.3 is 4.74 Å². The lowest BCUT2D eigenvalue weighted by Crippen LogP contribution is -2.20. The molecular formula is C9H14O2S. The van der Waals surface area contributed by atoms with Crippen molar-refractivity contribution >= 4 is 17.7 Å². The molecule has 3 heteroatoms. The average molecular weight is 186 g/mol. The third kappa shape index (κ3) is 1.38. The third-order valence-corrected chi connectivity index (χ3v) is 3.16. The first-order valence-electron chi connectivity index (χ1n) is 4.06. The maximum absolute atomic E-state index is 11.3.